The second kappa shape index (κ2) is 8.30. The number of likely N-dealkylation sites (N-methyl/N-ethyl adjacent to an activating group) is 1. The van der Waals surface area contributed by atoms with Gasteiger partial charge in [-0.25, -0.2) is 4.79 Å². The topological polar surface area (TPSA) is 108 Å². The number of nitrogens with zero attached hydrogens (tertiary/aromatic N) is 1. The molecular formula is C27H26N2O6. The first-order valence-electron chi connectivity index (χ1n) is 11.5. The Morgan fingerprint density at radius 1 is 1.14 bits per heavy atom. The highest BCUT2D eigenvalue weighted by atomic mass is 16.5. The van der Waals surface area contributed by atoms with Gasteiger partial charge in [0.05, 0.1) is 19.3 Å². The number of Topliss-reactive ketones (excluding diaryl/α,β-unsaturated/α-hetero) is 1. The maximum Gasteiger partial charge on any atom is 0.341 e. The van der Waals surface area contributed by atoms with Gasteiger partial charge >= 0.3 is 5.97 Å². The number of carbonyl (C=O) groups is 3. The number of ether oxygens (including phenoxy) is 3. The average molecular weight is 475 g/mol. The average Bonchev–Trinajstić information content (AvgIpc) is 3.06. The van der Waals surface area contributed by atoms with Crippen molar-refractivity contribution in [1.29, 1.82) is 0 Å². The lowest BCUT2D eigenvalue weighted by Crippen LogP contribution is -2.51. The zero-order chi connectivity index (χ0) is 24.9. The Labute approximate surface area is 202 Å². The first-order valence-corrected chi connectivity index (χ1v) is 11.5. The molecule has 1 spiro atoms. The molecule has 0 saturated heterocycles. The van der Waals surface area contributed by atoms with Gasteiger partial charge in [-0.3, -0.25) is 9.59 Å². The van der Waals surface area contributed by atoms with Gasteiger partial charge in [0, 0.05) is 31.1 Å². The first kappa shape index (κ1) is 22.7. The number of hydrogen-bond acceptors (Lipinski definition) is 7. The van der Waals surface area contributed by atoms with Crippen LogP contribution in [-0.4, -0.2) is 38.4 Å². The summed E-state index contributed by atoms with van der Waals surface area (Å²) in [5, 5.41) is 0. The van der Waals surface area contributed by atoms with Gasteiger partial charge in [0.2, 0.25) is 11.8 Å². The van der Waals surface area contributed by atoms with Gasteiger partial charge in [0.1, 0.15) is 22.5 Å². The third kappa shape index (κ3) is 3.16. The van der Waals surface area contributed by atoms with E-state index in [0.29, 0.717) is 29.2 Å². The molecule has 2 aliphatic heterocycles. The normalized spacial score (nSPS) is 23.3. The SMILES string of the molecule is CCOC(=O)C1=C(N)OC2=C(C(=O)C[C@H](c3ccc(OC)cc3)C2)[C@@]12C(=O)N(C)c1ccccc12. The molecule has 2 N–H and O–H groups in total. The highest BCUT2D eigenvalue weighted by molar-refractivity contribution is 6.23. The Kier molecular flexibility index (Phi) is 5.39. The second-order valence-electron chi connectivity index (χ2n) is 8.79. The minimum atomic E-state index is -1.71. The summed E-state index contributed by atoms with van der Waals surface area (Å²) in [5.41, 5.74) is 6.71. The standard InChI is InChI=1S/C27H26N2O6/c1-4-34-25(31)23-24(28)35-21-14-16(15-9-11-17(33-3)12-10-15)13-20(30)22(21)27(23)18-7-5-6-8-19(18)29(2)26(27)32/h5-12,16H,4,13-14,28H2,1-3H3/t16-,27+/m0/s1. The Hall–Kier alpha value is -4.07. The van der Waals surface area contributed by atoms with Crippen molar-refractivity contribution in [2.24, 2.45) is 5.73 Å². The van der Waals surface area contributed by atoms with E-state index >= 15 is 0 Å². The van der Waals surface area contributed by atoms with Crippen LogP contribution in [0.2, 0.25) is 0 Å². The van der Waals surface area contributed by atoms with Crippen LogP contribution >= 0.6 is 0 Å². The Morgan fingerprint density at radius 2 is 1.86 bits per heavy atom. The van der Waals surface area contributed by atoms with Crippen molar-refractivity contribution in [3.63, 3.8) is 0 Å². The Bertz CT molecular complexity index is 1310. The first-order chi connectivity index (χ1) is 16.8. The van der Waals surface area contributed by atoms with Gasteiger partial charge in [-0.2, -0.15) is 0 Å². The highest BCUT2D eigenvalue weighted by Gasteiger charge is 2.63. The van der Waals surface area contributed by atoms with Gasteiger partial charge in [0.15, 0.2) is 5.78 Å². The number of para-hydroxylation sites is 1. The molecule has 2 aromatic rings. The van der Waals surface area contributed by atoms with E-state index in [1.54, 1.807) is 45.3 Å². The maximum absolute atomic E-state index is 14.0. The lowest BCUT2D eigenvalue weighted by molar-refractivity contribution is -0.141. The molecule has 0 bridgehead atoms. The van der Waals surface area contributed by atoms with E-state index in [1.807, 2.05) is 24.3 Å². The zero-order valence-electron chi connectivity index (χ0n) is 19.8. The summed E-state index contributed by atoms with van der Waals surface area (Å²) < 4.78 is 16.5. The Morgan fingerprint density at radius 3 is 2.54 bits per heavy atom. The molecular weight excluding hydrogens is 448 g/mol. The van der Waals surface area contributed by atoms with Crippen LogP contribution in [0.25, 0.3) is 0 Å². The number of rotatable bonds is 4. The van der Waals surface area contributed by atoms with E-state index < -0.39 is 17.3 Å². The fourth-order valence-electron chi connectivity index (χ4n) is 5.50. The number of allylic oxidation sites excluding steroid dienone is 1. The molecule has 0 aromatic heterocycles. The van der Waals surface area contributed by atoms with Crippen molar-refractivity contribution < 1.29 is 28.6 Å². The summed E-state index contributed by atoms with van der Waals surface area (Å²) in [6, 6.07) is 14.6. The minimum absolute atomic E-state index is 0.0801. The number of amides is 1. The number of carbonyl (C=O) groups excluding carboxylic acids is 3. The number of nitrogens with two attached hydrogens (primary N) is 1. The molecule has 8 nitrogen and oxygen atoms in total. The molecule has 2 aromatic carbocycles. The van der Waals surface area contributed by atoms with Crippen LogP contribution in [0.3, 0.4) is 0 Å². The maximum atomic E-state index is 14.0. The van der Waals surface area contributed by atoms with Crippen LogP contribution in [0.1, 0.15) is 36.8 Å². The summed E-state index contributed by atoms with van der Waals surface area (Å²) in [7, 11) is 3.22. The van der Waals surface area contributed by atoms with Gasteiger partial charge in [0.25, 0.3) is 0 Å². The minimum Gasteiger partial charge on any atom is -0.497 e. The van der Waals surface area contributed by atoms with Crippen LogP contribution in [-0.2, 0) is 29.3 Å². The molecule has 180 valence electrons. The molecule has 3 aliphatic rings. The van der Waals surface area contributed by atoms with Crippen LogP contribution in [0.5, 0.6) is 5.75 Å². The fourth-order valence-corrected chi connectivity index (χ4v) is 5.50. The van der Waals surface area contributed by atoms with E-state index in [2.05, 4.69) is 0 Å². The smallest absolute Gasteiger partial charge is 0.341 e. The lowest BCUT2D eigenvalue weighted by atomic mass is 9.63. The van der Waals surface area contributed by atoms with Crippen LogP contribution < -0.4 is 15.4 Å². The molecule has 0 fully saturated rings. The van der Waals surface area contributed by atoms with E-state index in [0.717, 1.165) is 5.56 Å². The molecule has 0 unspecified atom stereocenters. The molecule has 2 atom stereocenters. The van der Waals surface area contributed by atoms with Gasteiger partial charge < -0.3 is 24.8 Å². The van der Waals surface area contributed by atoms with Crippen LogP contribution in [0.4, 0.5) is 5.69 Å². The summed E-state index contributed by atoms with van der Waals surface area (Å²) in [6.07, 6.45) is 0.510. The highest BCUT2D eigenvalue weighted by Crippen LogP contribution is 2.56. The number of benzene rings is 2. The van der Waals surface area contributed by atoms with E-state index in [4.69, 9.17) is 19.9 Å². The number of ketones is 1. The van der Waals surface area contributed by atoms with Gasteiger partial charge in [-0.15, -0.1) is 0 Å². The summed E-state index contributed by atoms with van der Waals surface area (Å²) >= 11 is 0. The summed E-state index contributed by atoms with van der Waals surface area (Å²) in [4.78, 5) is 42.5. The molecule has 0 radical (unpaired) electrons. The van der Waals surface area contributed by atoms with Crippen molar-refractivity contribution >= 4 is 23.3 Å². The second-order valence-corrected chi connectivity index (χ2v) is 8.79. The number of esters is 1. The Balaban J connectivity index is 1.71. The molecule has 35 heavy (non-hydrogen) atoms. The third-order valence-corrected chi connectivity index (χ3v) is 7.01. The largest absolute Gasteiger partial charge is 0.497 e. The summed E-state index contributed by atoms with van der Waals surface area (Å²) in [6.45, 7) is 1.74. The fraction of sp³-hybridized carbons (Fsp3) is 0.296. The third-order valence-electron chi connectivity index (χ3n) is 7.01. The summed E-state index contributed by atoms with van der Waals surface area (Å²) in [5.74, 6) is -0.844. The monoisotopic (exact) mass is 474 g/mol. The quantitative estimate of drug-likeness (QED) is 0.679. The molecule has 1 amide bonds. The molecule has 1 aliphatic carbocycles. The number of fused-ring (bicyclic) bond motifs is 3. The molecule has 5 rings (SSSR count). The zero-order valence-corrected chi connectivity index (χ0v) is 19.8. The van der Waals surface area contributed by atoms with Crippen molar-refractivity contribution in [1.82, 2.24) is 0 Å². The van der Waals surface area contributed by atoms with Gasteiger partial charge in [-0.1, -0.05) is 30.3 Å². The van der Waals surface area contributed by atoms with Crippen molar-refractivity contribution in [2.45, 2.75) is 31.1 Å². The molecule has 2 heterocycles. The predicted molar refractivity (Wildman–Crippen MR) is 127 cm³/mol. The van der Waals surface area contributed by atoms with E-state index in [-0.39, 0.29) is 41.8 Å². The number of hydrogen-bond donors (Lipinski definition) is 1. The molecule has 0 saturated carbocycles. The molecule has 8 heteroatoms. The van der Waals surface area contributed by atoms with Crippen LogP contribution in [0.15, 0.2) is 71.3 Å². The van der Waals surface area contributed by atoms with Crippen molar-refractivity contribution in [3.8, 4) is 5.75 Å². The number of methoxy groups -OCH3 is 1. The lowest BCUT2D eigenvalue weighted by Gasteiger charge is -2.40. The van der Waals surface area contributed by atoms with Crippen molar-refractivity contribution in [3.05, 3.63) is 82.4 Å². The van der Waals surface area contributed by atoms with Gasteiger partial charge in [-0.05, 0) is 36.6 Å². The van der Waals surface area contributed by atoms with Crippen LogP contribution in [0, 0.1) is 0 Å². The number of anilines is 1. The van der Waals surface area contributed by atoms with E-state index in [9.17, 15) is 14.4 Å². The van der Waals surface area contributed by atoms with E-state index in [1.165, 1.54) is 4.90 Å². The predicted octanol–water partition coefficient (Wildman–Crippen LogP) is 3.07. The van der Waals surface area contributed by atoms with Crippen molar-refractivity contribution in [2.75, 3.05) is 25.7 Å².